The Morgan fingerprint density at radius 3 is 2.81 bits per heavy atom. The molecule has 0 fully saturated rings. The average molecular weight is 219 g/mol. The number of nitrogens with two attached hydrogens (primary N) is 1. The maximum atomic E-state index is 5.89. The second-order valence-corrected chi connectivity index (χ2v) is 4.37. The number of rotatable bonds is 3. The molecule has 1 aromatic carbocycles. The molecule has 4 nitrogen and oxygen atoms in total. The van der Waals surface area contributed by atoms with Gasteiger partial charge in [0.1, 0.15) is 5.75 Å². The van der Waals surface area contributed by atoms with Crippen LogP contribution in [0.4, 0.5) is 5.69 Å². The lowest BCUT2D eigenvalue weighted by atomic mass is 10.2. The summed E-state index contributed by atoms with van der Waals surface area (Å²) in [7, 11) is 1.61. The number of benzene rings is 1. The fourth-order valence-electron chi connectivity index (χ4n) is 1.82. The van der Waals surface area contributed by atoms with Crippen LogP contribution in [0.3, 0.4) is 0 Å². The number of aromatic nitrogens is 2. The van der Waals surface area contributed by atoms with E-state index in [9.17, 15) is 0 Å². The number of ether oxygens (including phenoxy) is 1. The van der Waals surface area contributed by atoms with Crippen molar-refractivity contribution < 1.29 is 4.74 Å². The number of fused-ring (bicyclic) bond motifs is 1. The second-order valence-electron chi connectivity index (χ2n) is 4.37. The van der Waals surface area contributed by atoms with E-state index in [1.807, 2.05) is 18.5 Å². The van der Waals surface area contributed by atoms with Crippen LogP contribution in [0.1, 0.15) is 13.8 Å². The third-order valence-electron chi connectivity index (χ3n) is 2.53. The second kappa shape index (κ2) is 4.04. The van der Waals surface area contributed by atoms with Crippen LogP contribution >= 0.6 is 0 Å². The average Bonchev–Trinajstić information content (AvgIpc) is 2.59. The molecule has 1 heterocycles. The van der Waals surface area contributed by atoms with Crippen LogP contribution in [0.2, 0.25) is 0 Å². The van der Waals surface area contributed by atoms with Crippen LogP contribution < -0.4 is 10.5 Å². The molecule has 2 aromatic rings. The van der Waals surface area contributed by atoms with Gasteiger partial charge in [-0.15, -0.1) is 0 Å². The first-order valence-electron chi connectivity index (χ1n) is 5.40. The molecule has 0 radical (unpaired) electrons. The molecule has 86 valence electrons. The van der Waals surface area contributed by atoms with Crippen molar-refractivity contribution in [2.24, 2.45) is 5.92 Å². The Hall–Kier alpha value is -1.71. The lowest BCUT2D eigenvalue weighted by Gasteiger charge is -2.08. The van der Waals surface area contributed by atoms with E-state index >= 15 is 0 Å². The van der Waals surface area contributed by atoms with E-state index in [1.165, 1.54) is 0 Å². The van der Waals surface area contributed by atoms with Crippen LogP contribution in [0.25, 0.3) is 11.0 Å². The van der Waals surface area contributed by atoms with E-state index in [2.05, 4.69) is 23.4 Å². The van der Waals surface area contributed by atoms with Gasteiger partial charge in [0.25, 0.3) is 0 Å². The van der Waals surface area contributed by atoms with Crippen molar-refractivity contribution in [3.63, 3.8) is 0 Å². The Morgan fingerprint density at radius 2 is 2.19 bits per heavy atom. The third kappa shape index (κ3) is 1.83. The zero-order valence-corrected chi connectivity index (χ0v) is 9.90. The van der Waals surface area contributed by atoms with Crippen molar-refractivity contribution in [1.82, 2.24) is 9.55 Å². The lowest BCUT2D eigenvalue weighted by molar-refractivity contribution is 0.417. The minimum Gasteiger partial charge on any atom is -0.495 e. The number of hydrogen-bond acceptors (Lipinski definition) is 3. The molecule has 0 aliphatic heterocycles. The van der Waals surface area contributed by atoms with Crippen molar-refractivity contribution in [1.29, 1.82) is 0 Å². The highest BCUT2D eigenvalue weighted by molar-refractivity contribution is 5.82. The molecule has 0 saturated heterocycles. The summed E-state index contributed by atoms with van der Waals surface area (Å²) in [4.78, 5) is 4.35. The number of methoxy groups -OCH3 is 1. The fourth-order valence-corrected chi connectivity index (χ4v) is 1.82. The number of imidazole rings is 1. The summed E-state index contributed by atoms with van der Waals surface area (Å²) in [6.07, 6.45) is 1.85. The minimum atomic E-state index is 0.584. The maximum absolute atomic E-state index is 5.89. The lowest BCUT2D eigenvalue weighted by Crippen LogP contribution is -2.03. The van der Waals surface area contributed by atoms with E-state index in [0.29, 0.717) is 17.4 Å². The molecular weight excluding hydrogens is 202 g/mol. The Balaban J connectivity index is 2.51. The van der Waals surface area contributed by atoms with Crippen molar-refractivity contribution in [3.8, 4) is 5.75 Å². The Morgan fingerprint density at radius 1 is 1.44 bits per heavy atom. The van der Waals surface area contributed by atoms with Gasteiger partial charge in [-0.05, 0) is 12.0 Å². The molecule has 16 heavy (non-hydrogen) atoms. The van der Waals surface area contributed by atoms with E-state index in [4.69, 9.17) is 10.5 Å². The van der Waals surface area contributed by atoms with Crippen LogP contribution in [0, 0.1) is 5.92 Å². The fraction of sp³-hybridized carbons (Fsp3) is 0.417. The van der Waals surface area contributed by atoms with Crippen molar-refractivity contribution in [2.75, 3.05) is 12.8 Å². The van der Waals surface area contributed by atoms with Gasteiger partial charge in [0, 0.05) is 12.6 Å². The summed E-state index contributed by atoms with van der Waals surface area (Å²) < 4.78 is 7.29. The van der Waals surface area contributed by atoms with Gasteiger partial charge in [0.15, 0.2) is 0 Å². The summed E-state index contributed by atoms with van der Waals surface area (Å²) in [5.74, 6) is 1.27. The molecule has 0 amide bonds. The number of hydrogen-bond donors (Lipinski definition) is 1. The largest absolute Gasteiger partial charge is 0.495 e. The monoisotopic (exact) mass is 219 g/mol. The molecule has 0 unspecified atom stereocenters. The van der Waals surface area contributed by atoms with Crippen LogP contribution in [0.5, 0.6) is 5.75 Å². The first-order chi connectivity index (χ1) is 7.61. The van der Waals surface area contributed by atoms with E-state index < -0.39 is 0 Å². The summed E-state index contributed by atoms with van der Waals surface area (Å²) in [6, 6.07) is 3.80. The van der Waals surface area contributed by atoms with Crippen LogP contribution in [-0.4, -0.2) is 16.7 Å². The van der Waals surface area contributed by atoms with Gasteiger partial charge >= 0.3 is 0 Å². The molecule has 0 bridgehead atoms. The zero-order valence-electron chi connectivity index (χ0n) is 9.90. The van der Waals surface area contributed by atoms with Crippen LogP contribution in [-0.2, 0) is 6.54 Å². The highest BCUT2D eigenvalue weighted by Gasteiger charge is 2.08. The molecule has 0 atom stereocenters. The van der Waals surface area contributed by atoms with Gasteiger partial charge < -0.3 is 15.0 Å². The van der Waals surface area contributed by atoms with E-state index in [-0.39, 0.29) is 0 Å². The Bertz CT molecular complexity index is 502. The molecule has 0 aliphatic rings. The zero-order chi connectivity index (χ0) is 11.7. The normalized spacial score (nSPS) is 11.2. The van der Waals surface area contributed by atoms with E-state index in [0.717, 1.165) is 17.6 Å². The Kier molecular flexibility index (Phi) is 2.73. The molecule has 0 saturated carbocycles. The van der Waals surface area contributed by atoms with Gasteiger partial charge in [-0.2, -0.15) is 0 Å². The molecule has 4 heteroatoms. The van der Waals surface area contributed by atoms with Crippen LogP contribution in [0.15, 0.2) is 18.5 Å². The van der Waals surface area contributed by atoms with Gasteiger partial charge in [-0.1, -0.05) is 13.8 Å². The molecule has 0 spiro atoms. The highest BCUT2D eigenvalue weighted by atomic mass is 16.5. The highest BCUT2D eigenvalue weighted by Crippen LogP contribution is 2.27. The summed E-state index contributed by atoms with van der Waals surface area (Å²) in [5, 5.41) is 0. The minimum absolute atomic E-state index is 0.584. The molecule has 1 aromatic heterocycles. The van der Waals surface area contributed by atoms with Gasteiger partial charge in [-0.3, -0.25) is 0 Å². The SMILES string of the molecule is COc1cc2ncn(CC(C)C)c2cc1N. The van der Waals surface area contributed by atoms with Gasteiger partial charge in [-0.25, -0.2) is 4.98 Å². The quantitative estimate of drug-likeness (QED) is 0.806. The molecular formula is C12H17N3O. The Labute approximate surface area is 95.0 Å². The predicted octanol–water partition coefficient (Wildman–Crippen LogP) is 2.28. The smallest absolute Gasteiger partial charge is 0.144 e. The van der Waals surface area contributed by atoms with Gasteiger partial charge in [0.2, 0.25) is 0 Å². The molecule has 2 rings (SSSR count). The number of nitrogens with zero attached hydrogens (tertiary/aromatic N) is 2. The molecule has 0 aliphatic carbocycles. The van der Waals surface area contributed by atoms with Gasteiger partial charge in [0.05, 0.1) is 30.2 Å². The standard InChI is InChI=1S/C12H17N3O/c1-8(2)6-15-7-14-10-5-12(16-3)9(13)4-11(10)15/h4-5,7-8H,6,13H2,1-3H3. The topological polar surface area (TPSA) is 53.1 Å². The molecule has 2 N–H and O–H groups in total. The van der Waals surface area contributed by atoms with Crippen molar-refractivity contribution in [2.45, 2.75) is 20.4 Å². The summed E-state index contributed by atoms with van der Waals surface area (Å²) in [6.45, 7) is 5.31. The van der Waals surface area contributed by atoms with Crippen molar-refractivity contribution in [3.05, 3.63) is 18.5 Å². The first kappa shape index (κ1) is 10.8. The number of nitrogen functional groups attached to an aromatic ring is 1. The summed E-state index contributed by atoms with van der Waals surface area (Å²) in [5.41, 5.74) is 8.53. The third-order valence-corrected chi connectivity index (χ3v) is 2.53. The predicted molar refractivity (Wildman–Crippen MR) is 65.5 cm³/mol. The maximum Gasteiger partial charge on any atom is 0.144 e. The van der Waals surface area contributed by atoms with E-state index in [1.54, 1.807) is 7.11 Å². The first-order valence-corrected chi connectivity index (χ1v) is 5.40. The number of anilines is 1. The summed E-state index contributed by atoms with van der Waals surface area (Å²) >= 11 is 0. The van der Waals surface area contributed by atoms with Crippen molar-refractivity contribution >= 4 is 16.7 Å².